The number of nitrogens with zero attached hydrogens (tertiary/aromatic N) is 2. The monoisotopic (exact) mass is 212 g/mol. The SMILES string of the molecule is CC(C=O)=Cc1ccc(-n2cccn2)cc1. The van der Waals surface area contributed by atoms with Gasteiger partial charge < -0.3 is 0 Å². The van der Waals surface area contributed by atoms with Crippen LogP contribution < -0.4 is 0 Å². The molecule has 0 aliphatic carbocycles. The lowest BCUT2D eigenvalue weighted by Gasteiger charge is -2.01. The Morgan fingerprint density at radius 2 is 2.06 bits per heavy atom. The van der Waals surface area contributed by atoms with Crippen LogP contribution in [0.3, 0.4) is 0 Å². The van der Waals surface area contributed by atoms with Crippen LogP contribution in [0.1, 0.15) is 12.5 Å². The largest absolute Gasteiger partial charge is 0.298 e. The van der Waals surface area contributed by atoms with Gasteiger partial charge in [-0.25, -0.2) is 4.68 Å². The predicted octanol–water partition coefficient (Wildman–Crippen LogP) is 2.47. The van der Waals surface area contributed by atoms with Crippen LogP contribution in [-0.2, 0) is 4.79 Å². The van der Waals surface area contributed by atoms with E-state index < -0.39 is 0 Å². The fraction of sp³-hybridized carbons (Fsp3) is 0.0769. The molecule has 0 N–H and O–H groups in total. The number of carbonyl (C=O) groups excluding carboxylic acids is 1. The van der Waals surface area contributed by atoms with Crippen molar-refractivity contribution in [2.24, 2.45) is 0 Å². The molecule has 0 spiro atoms. The Morgan fingerprint density at radius 3 is 2.62 bits per heavy atom. The zero-order valence-corrected chi connectivity index (χ0v) is 9.00. The first-order valence-corrected chi connectivity index (χ1v) is 5.03. The van der Waals surface area contributed by atoms with Crippen molar-refractivity contribution in [2.45, 2.75) is 6.92 Å². The molecule has 3 heteroatoms. The van der Waals surface area contributed by atoms with Crippen LogP contribution in [-0.4, -0.2) is 16.1 Å². The minimum absolute atomic E-state index is 0.715. The quantitative estimate of drug-likeness (QED) is 0.578. The van der Waals surface area contributed by atoms with E-state index in [0.29, 0.717) is 5.57 Å². The lowest BCUT2D eigenvalue weighted by Crippen LogP contribution is -1.93. The standard InChI is InChI=1S/C13H12N2O/c1-11(10-16)9-12-3-5-13(6-4-12)15-8-2-7-14-15/h2-10H,1H3. The second-order valence-corrected chi connectivity index (χ2v) is 3.55. The molecule has 0 saturated heterocycles. The van der Waals surface area contributed by atoms with Gasteiger partial charge in [-0.3, -0.25) is 4.79 Å². The fourth-order valence-corrected chi connectivity index (χ4v) is 1.44. The Morgan fingerprint density at radius 1 is 1.31 bits per heavy atom. The Bertz CT molecular complexity index is 495. The second kappa shape index (κ2) is 4.57. The molecule has 0 fully saturated rings. The summed E-state index contributed by atoms with van der Waals surface area (Å²) in [7, 11) is 0. The van der Waals surface area contributed by atoms with Crippen molar-refractivity contribution in [1.29, 1.82) is 0 Å². The van der Waals surface area contributed by atoms with Gasteiger partial charge in [-0.15, -0.1) is 0 Å². The third kappa shape index (κ3) is 2.25. The molecule has 0 aliphatic heterocycles. The highest BCUT2D eigenvalue weighted by atomic mass is 16.1. The number of allylic oxidation sites excluding steroid dienone is 1. The minimum Gasteiger partial charge on any atom is -0.298 e. The summed E-state index contributed by atoms with van der Waals surface area (Å²) in [4.78, 5) is 10.5. The van der Waals surface area contributed by atoms with Gasteiger partial charge in [0.1, 0.15) is 6.29 Å². The summed E-state index contributed by atoms with van der Waals surface area (Å²) in [5.74, 6) is 0. The van der Waals surface area contributed by atoms with Gasteiger partial charge in [-0.2, -0.15) is 5.10 Å². The summed E-state index contributed by atoms with van der Waals surface area (Å²) < 4.78 is 1.79. The maximum atomic E-state index is 10.5. The molecule has 0 aliphatic rings. The van der Waals surface area contributed by atoms with Crippen LogP contribution in [0.5, 0.6) is 0 Å². The highest BCUT2D eigenvalue weighted by Gasteiger charge is 1.95. The van der Waals surface area contributed by atoms with Crippen molar-refractivity contribution < 1.29 is 4.79 Å². The van der Waals surface area contributed by atoms with Crippen molar-refractivity contribution in [3.05, 3.63) is 53.9 Å². The smallest absolute Gasteiger partial charge is 0.145 e. The predicted molar refractivity (Wildman–Crippen MR) is 63.3 cm³/mol. The molecule has 0 unspecified atom stereocenters. The van der Waals surface area contributed by atoms with Crippen LogP contribution in [0.2, 0.25) is 0 Å². The maximum absolute atomic E-state index is 10.5. The Kier molecular flexibility index (Phi) is 2.96. The number of benzene rings is 1. The van der Waals surface area contributed by atoms with Crippen molar-refractivity contribution >= 4 is 12.4 Å². The van der Waals surface area contributed by atoms with E-state index in [0.717, 1.165) is 17.5 Å². The van der Waals surface area contributed by atoms with Gasteiger partial charge in [-0.1, -0.05) is 12.1 Å². The summed E-state index contributed by atoms with van der Waals surface area (Å²) in [6.07, 6.45) is 6.33. The molecule has 1 heterocycles. The Hall–Kier alpha value is -2.16. The molecule has 80 valence electrons. The van der Waals surface area contributed by atoms with Crippen LogP contribution in [0.4, 0.5) is 0 Å². The Labute approximate surface area is 94.0 Å². The molecule has 0 bridgehead atoms. The van der Waals surface area contributed by atoms with Gasteiger partial charge in [0.2, 0.25) is 0 Å². The van der Waals surface area contributed by atoms with Crippen molar-refractivity contribution in [3.8, 4) is 5.69 Å². The highest BCUT2D eigenvalue weighted by Crippen LogP contribution is 2.10. The molecule has 1 aromatic carbocycles. The zero-order valence-electron chi connectivity index (χ0n) is 9.00. The third-order valence-electron chi connectivity index (χ3n) is 2.24. The topological polar surface area (TPSA) is 34.9 Å². The molecular weight excluding hydrogens is 200 g/mol. The molecule has 0 radical (unpaired) electrons. The first-order valence-electron chi connectivity index (χ1n) is 5.03. The normalized spacial score (nSPS) is 11.4. The van der Waals surface area contributed by atoms with Gasteiger partial charge in [-0.05, 0) is 42.3 Å². The van der Waals surface area contributed by atoms with E-state index in [1.165, 1.54) is 0 Å². The summed E-state index contributed by atoms with van der Waals surface area (Å²) in [6.45, 7) is 1.79. The molecule has 0 saturated carbocycles. The van der Waals surface area contributed by atoms with Gasteiger partial charge >= 0.3 is 0 Å². The van der Waals surface area contributed by atoms with E-state index in [2.05, 4.69) is 5.10 Å². The summed E-state index contributed by atoms with van der Waals surface area (Å²) in [6, 6.07) is 9.74. The first-order chi connectivity index (χ1) is 7.79. The number of aromatic nitrogens is 2. The van der Waals surface area contributed by atoms with Crippen molar-refractivity contribution in [1.82, 2.24) is 9.78 Å². The molecule has 1 aromatic heterocycles. The minimum atomic E-state index is 0.715. The van der Waals surface area contributed by atoms with Gasteiger partial charge in [0, 0.05) is 12.4 Å². The lowest BCUT2D eigenvalue weighted by molar-refractivity contribution is -0.104. The second-order valence-electron chi connectivity index (χ2n) is 3.55. The average molecular weight is 212 g/mol. The van der Waals surface area contributed by atoms with E-state index in [1.807, 2.05) is 42.6 Å². The molecule has 2 rings (SSSR count). The highest BCUT2D eigenvalue weighted by molar-refractivity contribution is 5.80. The average Bonchev–Trinajstić information content (AvgIpc) is 2.83. The van der Waals surface area contributed by atoms with Gasteiger partial charge in [0.05, 0.1) is 5.69 Å². The molecule has 0 amide bonds. The van der Waals surface area contributed by atoms with Crippen LogP contribution in [0, 0.1) is 0 Å². The first kappa shape index (κ1) is 10.4. The van der Waals surface area contributed by atoms with Crippen LogP contribution in [0.15, 0.2) is 48.3 Å². The number of aldehydes is 1. The van der Waals surface area contributed by atoms with E-state index in [-0.39, 0.29) is 0 Å². The Balaban J connectivity index is 2.27. The number of hydrogen-bond acceptors (Lipinski definition) is 2. The fourth-order valence-electron chi connectivity index (χ4n) is 1.44. The van der Waals surface area contributed by atoms with Crippen LogP contribution >= 0.6 is 0 Å². The van der Waals surface area contributed by atoms with E-state index in [1.54, 1.807) is 17.8 Å². The van der Waals surface area contributed by atoms with Crippen LogP contribution in [0.25, 0.3) is 11.8 Å². The number of rotatable bonds is 3. The van der Waals surface area contributed by atoms with Gasteiger partial charge in [0.15, 0.2) is 0 Å². The van der Waals surface area contributed by atoms with Gasteiger partial charge in [0.25, 0.3) is 0 Å². The molecule has 2 aromatic rings. The molecule has 16 heavy (non-hydrogen) atoms. The van der Waals surface area contributed by atoms with Crippen molar-refractivity contribution in [2.75, 3.05) is 0 Å². The van der Waals surface area contributed by atoms with Crippen molar-refractivity contribution in [3.63, 3.8) is 0 Å². The maximum Gasteiger partial charge on any atom is 0.145 e. The summed E-state index contributed by atoms with van der Waals surface area (Å²) in [5.41, 5.74) is 2.73. The lowest BCUT2D eigenvalue weighted by atomic mass is 10.1. The molecular formula is C13H12N2O. The number of hydrogen-bond donors (Lipinski definition) is 0. The molecule has 0 atom stereocenters. The van der Waals surface area contributed by atoms with E-state index >= 15 is 0 Å². The van der Waals surface area contributed by atoms with E-state index in [9.17, 15) is 4.79 Å². The zero-order chi connectivity index (χ0) is 11.4. The summed E-state index contributed by atoms with van der Waals surface area (Å²) >= 11 is 0. The molecule has 3 nitrogen and oxygen atoms in total. The third-order valence-corrected chi connectivity index (χ3v) is 2.24. The van der Waals surface area contributed by atoms with E-state index in [4.69, 9.17) is 0 Å². The number of carbonyl (C=O) groups is 1. The summed E-state index contributed by atoms with van der Waals surface area (Å²) in [5, 5.41) is 4.14.